The number of carbonyl (C=O) groups is 1. The van der Waals surface area contributed by atoms with Crippen molar-refractivity contribution in [2.45, 2.75) is 20.1 Å². The summed E-state index contributed by atoms with van der Waals surface area (Å²) in [5.74, 6) is 1.52. The second-order valence-corrected chi connectivity index (χ2v) is 7.15. The lowest BCUT2D eigenvalue weighted by molar-refractivity contribution is -0.121. The third kappa shape index (κ3) is 7.56. The molecule has 0 unspecified atom stereocenters. The Morgan fingerprint density at radius 3 is 1.94 bits per heavy atom. The standard InChI is InChI=1S/C26H27NO5/c1-20(28)16-30-17-21-8-12-24(13-9-21)31-18-22-10-14-25(15-11-22)32-19-26(27-29-2)23-6-4-3-5-7-23/h3-15H,16-19H2,1-2H3. The number of carbonyl (C=O) groups excluding carboxylic acids is 1. The molecule has 0 aliphatic rings. The second kappa shape index (κ2) is 12.3. The molecule has 6 heteroatoms. The van der Waals surface area contributed by atoms with Crippen LogP contribution in [0.5, 0.6) is 11.5 Å². The van der Waals surface area contributed by atoms with E-state index in [0.29, 0.717) is 19.8 Å². The molecule has 3 aromatic carbocycles. The fourth-order valence-electron chi connectivity index (χ4n) is 2.90. The van der Waals surface area contributed by atoms with E-state index in [1.807, 2.05) is 78.9 Å². The number of ether oxygens (including phenoxy) is 3. The molecule has 0 atom stereocenters. The monoisotopic (exact) mass is 433 g/mol. The molecule has 0 aromatic heterocycles. The topological polar surface area (TPSA) is 66.3 Å². The maximum atomic E-state index is 10.9. The van der Waals surface area contributed by atoms with Gasteiger partial charge in [0.2, 0.25) is 0 Å². The minimum absolute atomic E-state index is 0.0149. The molecule has 0 aliphatic carbocycles. The number of nitrogens with zero attached hydrogens (tertiary/aromatic N) is 1. The first-order chi connectivity index (χ1) is 15.6. The summed E-state index contributed by atoms with van der Waals surface area (Å²) in [4.78, 5) is 15.9. The first kappa shape index (κ1) is 23.0. The van der Waals surface area contributed by atoms with Crippen molar-refractivity contribution in [3.63, 3.8) is 0 Å². The Bertz CT molecular complexity index is 999. The van der Waals surface area contributed by atoms with E-state index in [4.69, 9.17) is 19.0 Å². The number of hydrogen-bond donors (Lipinski definition) is 0. The van der Waals surface area contributed by atoms with Gasteiger partial charge in [-0.15, -0.1) is 0 Å². The van der Waals surface area contributed by atoms with Crippen LogP contribution in [0.15, 0.2) is 84.0 Å². The third-order valence-electron chi connectivity index (χ3n) is 4.51. The predicted molar refractivity (Wildman–Crippen MR) is 123 cm³/mol. The highest BCUT2D eigenvalue weighted by Gasteiger charge is 2.06. The predicted octanol–water partition coefficient (Wildman–Crippen LogP) is 4.80. The van der Waals surface area contributed by atoms with Crippen LogP contribution in [0.1, 0.15) is 23.6 Å². The Balaban J connectivity index is 1.47. The van der Waals surface area contributed by atoms with Gasteiger partial charge < -0.3 is 19.0 Å². The van der Waals surface area contributed by atoms with Gasteiger partial charge in [0.05, 0.1) is 6.61 Å². The lowest BCUT2D eigenvalue weighted by Crippen LogP contribution is -2.13. The maximum absolute atomic E-state index is 10.9. The van der Waals surface area contributed by atoms with Crippen molar-refractivity contribution in [2.24, 2.45) is 5.16 Å². The Kier molecular flexibility index (Phi) is 8.83. The summed E-state index contributed by atoms with van der Waals surface area (Å²) in [6, 6.07) is 25.2. The van der Waals surface area contributed by atoms with Gasteiger partial charge in [-0.3, -0.25) is 4.79 Å². The molecule has 6 nitrogen and oxygen atoms in total. The highest BCUT2D eigenvalue weighted by atomic mass is 16.6. The first-order valence-electron chi connectivity index (χ1n) is 10.3. The molecule has 0 N–H and O–H groups in total. The van der Waals surface area contributed by atoms with E-state index in [9.17, 15) is 4.79 Å². The van der Waals surface area contributed by atoms with E-state index in [0.717, 1.165) is 33.9 Å². The van der Waals surface area contributed by atoms with Crippen LogP contribution in [0.25, 0.3) is 0 Å². The number of rotatable bonds is 12. The van der Waals surface area contributed by atoms with Gasteiger partial charge in [-0.2, -0.15) is 0 Å². The molecule has 0 saturated heterocycles. The molecule has 0 spiro atoms. The van der Waals surface area contributed by atoms with Crippen molar-refractivity contribution in [1.82, 2.24) is 0 Å². The van der Waals surface area contributed by atoms with Gasteiger partial charge in [0.15, 0.2) is 5.78 Å². The number of ketones is 1. The van der Waals surface area contributed by atoms with Gasteiger partial charge in [-0.1, -0.05) is 59.8 Å². The van der Waals surface area contributed by atoms with Gasteiger partial charge in [0.1, 0.15) is 44.1 Å². The van der Waals surface area contributed by atoms with E-state index in [1.165, 1.54) is 14.0 Å². The summed E-state index contributed by atoms with van der Waals surface area (Å²) < 4.78 is 17.0. The van der Waals surface area contributed by atoms with Gasteiger partial charge >= 0.3 is 0 Å². The van der Waals surface area contributed by atoms with Crippen molar-refractivity contribution >= 4 is 11.5 Å². The minimum Gasteiger partial charge on any atom is -0.489 e. The molecule has 0 bridgehead atoms. The molecule has 3 aromatic rings. The average Bonchev–Trinajstić information content (AvgIpc) is 2.82. The highest BCUT2D eigenvalue weighted by molar-refractivity contribution is 6.01. The van der Waals surface area contributed by atoms with Crippen molar-refractivity contribution < 1.29 is 23.8 Å². The summed E-state index contributed by atoms with van der Waals surface area (Å²) in [5.41, 5.74) is 3.69. The molecule has 3 rings (SSSR count). The summed E-state index contributed by atoms with van der Waals surface area (Å²) in [6.45, 7) is 2.79. The zero-order chi connectivity index (χ0) is 22.6. The van der Waals surface area contributed by atoms with Crippen LogP contribution in [0.2, 0.25) is 0 Å². The quantitative estimate of drug-likeness (QED) is 0.303. The molecule has 0 radical (unpaired) electrons. The SMILES string of the molecule is CON=C(COc1ccc(COc2ccc(COCC(C)=O)cc2)cc1)c1ccccc1. The summed E-state index contributed by atoms with van der Waals surface area (Å²) in [5, 5.41) is 4.07. The van der Waals surface area contributed by atoms with E-state index in [-0.39, 0.29) is 12.4 Å². The molecular formula is C26H27NO5. The number of oxime groups is 1. The first-order valence-corrected chi connectivity index (χ1v) is 10.3. The van der Waals surface area contributed by atoms with Gasteiger partial charge in [0.25, 0.3) is 0 Å². The van der Waals surface area contributed by atoms with Crippen LogP contribution in [0, 0.1) is 0 Å². The minimum atomic E-state index is 0.0149. The average molecular weight is 434 g/mol. The molecule has 0 aliphatic heterocycles. The van der Waals surface area contributed by atoms with Crippen LogP contribution in [0.4, 0.5) is 0 Å². The van der Waals surface area contributed by atoms with Crippen LogP contribution in [-0.4, -0.2) is 31.8 Å². The molecule has 0 heterocycles. The highest BCUT2D eigenvalue weighted by Crippen LogP contribution is 2.17. The van der Waals surface area contributed by atoms with E-state index in [1.54, 1.807) is 0 Å². The zero-order valence-electron chi connectivity index (χ0n) is 18.3. The summed E-state index contributed by atoms with van der Waals surface area (Å²) in [6.07, 6.45) is 0. The smallest absolute Gasteiger partial charge is 0.155 e. The molecular weight excluding hydrogens is 406 g/mol. The van der Waals surface area contributed by atoms with Crippen LogP contribution in [0.3, 0.4) is 0 Å². The van der Waals surface area contributed by atoms with E-state index in [2.05, 4.69) is 5.16 Å². The van der Waals surface area contributed by atoms with E-state index >= 15 is 0 Å². The van der Waals surface area contributed by atoms with Crippen molar-refractivity contribution in [1.29, 1.82) is 0 Å². The Morgan fingerprint density at radius 1 is 0.750 bits per heavy atom. The summed E-state index contributed by atoms with van der Waals surface area (Å²) in [7, 11) is 1.52. The Labute approximate surface area is 188 Å². The van der Waals surface area contributed by atoms with Crippen molar-refractivity contribution in [3.8, 4) is 11.5 Å². The number of benzene rings is 3. The second-order valence-electron chi connectivity index (χ2n) is 7.15. The number of hydrogen-bond acceptors (Lipinski definition) is 6. The molecule has 0 amide bonds. The van der Waals surface area contributed by atoms with Crippen LogP contribution in [-0.2, 0) is 27.6 Å². The summed E-state index contributed by atoms with van der Waals surface area (Å²) >= 11 is 0. The number of Topliss-reactive ketones (excluding diaryl/α,β-unsaturated/α-hetero) is 1. The Morgan fingerprint density at radius 2 is 1.34 bits per heavy atom. The molecule has 0 fully saturated rings. The van der Waals surface area contributed by atoms with Crippen molar-refractivity contribution in [2.75, 3.05) is 20.3 Å². The third-order valence-corrected chi connectivity index (χ3v) is 4.51. The Hall–Kier alpha value is -3.64. The molecule has 166 valence electrons. The lowest BCUT2D eigenvalue weighted by atomic mass is 10.1. The lowest BCUT2D eigenvalue weighted by Gasteiger charge is -2.10. The van der Waals surface area contributed by atoms with E-state index < -0.39 is 0 Å². The largest absolute Gasteiger partial charge is 0.489 e. The van der Waals surface area contributed by atoms with Gasteiger partial charge in [0, 0.05) is 5.56 Å². The fourth-order valence-corrected chi connectivity index (χ4v) is 2.90. The molecule has 32 heavy (non-hydrogen) atoms. The zero-order valence-corrected chi connectivity index (χ0v) is 18.3. The van der Waals surface area contributed by atoms with Crippen LogP contribution >= 0.6 is 0 Å². The normalized spacial score (nSPS) is 11.1. The van der Waals surface area contributed by atoms with Crippen LogP contribution < -0.4 is 9.47 Å². The van der Waals surface area contributed by atoms with Gasteiger partial charge in [-0.25, -0.2) is 0 Å². The maximum Gasteiger partial charge on any atom is 0.155 e. The fraction of sp³-hybridized carbons (Fsp3) is 0.231. The van der Waals surface area contributed by atoms with Gasteiger partial charge in [-0.05, 0) is 42.3 Å². The molecule has 0 saturated carbocycles. The van der Waals surface area contributed by atoms with Crippen molar-refractivity contribution in [3.05, 3.63) is 95.6 Å².